The van der Waals surface area contributed by atoms with Gasteiger partial charge in [0, 0.05) is 19.4 Å². The van der Waals surface area contributed by atoms with Crippen molar-refractivity contribution in [1.82, 2.24) is 4.90 Å². The first-order chi connectivity index (χ1) is 21.7. The predicted molar refractivity (Wildman–Crippen MR) is 187 cm³/mol. The van der Waals surface area contributed by atoms with Crippen LogP contribution in [0.4, 0.5) is 0 Å². The predicted octanol–water partition coefficient (Wildman–Crippen LogP) is 11.1. The molecule has 0 amide bonds. The standard InChI is InChI=1S/C39H71NO4/c1-3-5-7-9-11-13-15-17-19-21-23-25-27-31-38(41)43-36-37(35-40-33-29-30-34-40)44-39(42)32-28-26-24-22-20-18-16-14-12-10-8-6-4-2/h13-16,37H,3-12,17-36H2,1-2H3. The smallest absolute Gasteiger partial charge is 0.306 e. The van der Waals surface area contributed by atoms with Crippen molar-refractivity contribution < 1.29 is 19.1 Å². The van der Waals surface area contributed by atoms with Gasteiger partial charge in [-0.1, -0.05) is 115 Å². The van der Waals surface area contributed by atoms with E-state index in [4.69, 9.17) is 9.47 Å². The van der Waals surface area contributed by atoms with Gasteiger partial charge < -0.3 is 9.47 Å². The van der Waals surface area contributed by atoms with Crippen LogP contribution in [-0.4, -0.2) is 49.2 Å². The first-order valence-corrected chi connectivity index (χ1v) is 19.0. The Labute approximate surface area is 273 Å². The van der Waals surface area contributed by atoms with Gasteiger partial charge in [0.2, 0.25) is 0 Å². The zero-order valence-electron chi connectivity index (χ0n) is 29.2. The summed E-state index contributed by atoms with van der Waals surface area (Å²) >= 11 is 0. The number of carbonyl (C=O) groups is 2. The summed E-state index contributed by atoms with van der Waals surface area (Å²) in [5.41, 5.74) is 0. The average Bonchev–Trinajstić information content (AvgIpc) is 3.53. The van der Waals surface area contributed by atoms with Crippen molar-refractivity contribution in [1.29, 1.82) is 0 Å². The summed E-state index contributed by atoms with van der Waals surface area (Å²) in [6, 6.07) is 0. The van der Waals surface area contributed by atoms with E-state index >= 15 is 0 Å². The van der Waals surface area contributed by atoms with Gasteiger partial charge in [0.05, 0.1) is 0 Å². The lowest BCUT2D eigenvalue weighted by atomic mass is 10.1. The summed E-state index contributed by atoms with van der Waals surface area (Å²) in [5.74, 6) is -0.313. The van der Waals surface area contributed by atoms with Crippen molar-refractivity contribution >= 4 is 11.9 Å². The first-order valence-electron chi connectivity index (χ1n) is 19.0. The number of hydrogen-bond donors (Lipinski definition) is 0. The molecular formula is C39H71NO4. The third-order valence-electron chi connectivity index (χ3n) is 8.67. The number of nitrogens with zero attached hydrogens (tertiary/aromatic N) is 1. The minimum atomic E-state index is -0.363. The van der Waals surface area contributed by atoms with Crippen LogP contribution in [0.2, 0.25) is 0 Å². The van der Waals surface area contributed by atoms with E-state index in [2.05, 4.69) is 43.1 Å². The summed E-state index contributed by atoms with van der Waals surface area (Å²) in [4.78, 5) is 27.3. The maximum absolute atomic E-state index is 12.6. The molecule has 1 aliphatic heterocycles. The van der Waals surface area contributed by atoms with Gasteiger partial charge in [-0.25, -0.2) is 0 Å². The highest BCUT2D eigenvalue weighted by Crippen LogP contribution is 2.14. The number of rotatable bonds is 31. The van der Waals surface area contributed by atoms with Crippen LogP contribution in [0.5, 0.6) is 0 Å². The third-order valence-corrected chi connectivity index (χ3v) is 8.67. The molecule has 0 saturated carbocycles. The summed E-state index contributed by atoms with van der Waals surface area (Å²) in [7, 11) is 0. The van der Waals surface area contributed by atoms with Crippen molar-refractivity contribution in [2.24, 2.45) is 0 Å². The van der Waals surface area contributed by atoms with Crippen LogP contribution in [0.3, 0.4) is 0 Å². The highest BCUT2D eigenvalue weighted by Gasteiger charge is 2.22. The quantitative estimate of drug-likeness (QED) is 0.0440. The molecule has 1 unspecified atom stereocenters. The molecule has 1 aliphatic rings. The van der Waals surface area contributed by atoms with Crippen molar-refractivity contribution in [3.63, 3.8) is 0 Å². The van der Waals surface area contributed by atoms with Gasteiger partial charge in [-0.2, -0.15) is 0 Å². The summed E-state index contributed by atoms with van der Waals surface area (Å²) in [6.45, 7) is 7.42. The van der Waals surface area contributed by atoms with Crippen molar-refractivity contribution in [3.05, 3.63) is 24.3 Å². The zero-order valence-corrected chi connectivity index (χ0v) is 29.2. The molecule has 0 radical (unpaired) electrons. The molecule has 0 bridgehead atoms. The van der Waals surface area contributed by atoms with Crippen LogP contribution in [-0.2, 0) is 19.1 Å². The minimum Gasteiger partial charge on any atom is -0.462 e. The maximum Gasteiger partial charge on any atom is 0.306 e. The Balaban J connectivity index is 2.11. The fraction of sp³-hybridized carbons (Fsp3) is 0.846. The average molecular weight is 618 g/mol. The molecule has 0 aromatic carbocycles. The number of carbonyl (C=O) groups excluding carboxylic acids is 2. The van der Waals surface area contributed by atoms with Crippen LogP contribution < -0.4 is 0 Å². The van der Waals surface area contributed by atoms with E-state index in [-0.39, 0.29) is 24.6 Å². The molecule has 5 nitrogen and oxygen atoms in total. The van der Waals surface area contributed by atoms with E-state index in [9.17, 15) is 9.59 Å². The van der Waals surface area contributed by atoms with Gasteiger partial charge in [-0.05, 0) is 90.1 Å². The van der Waals surface area contributed by atoms with Gasteiger partial charge in [0.25, 0.3) is 0 Å². The summed E-state index contributed by atoms with van der Waals surface area (Å²) < 4.78 is 11.4. The van der Waals surface area contributed by atoms with E-state index < -0.39 is 0 Å². The lowest BCUT2D eigenvalue weighted by Gasteiger charge is -2.23. The van der Waals surface area contributed by atoms with Gasteiger partial charge in [-0.15, -0.1) is 0 Å². The molecule has 5 heteroatoms. The van der Waals surface area contributed by atoms with Crippen molar-refractivity contribution in [2.75, 3.05) is 26.2 Å². The molecule has 0 aromatic rings. The molecule has 0 aliphatic carbocycles. The number of hydrogen-bond acceptors (Lipinski definition) is 5. The zero-order chi connectivity index (χ0) is 31.8. The summed E-state index contributed by atoms with van der Waals surface area (Å²) in [5, 5.41) is 0. The second kappa shape index (κ2) is 31.4. The Kier molecular flexibility index (Phi) is 28.8. The Morgan fingerprint density at radius 1 is 0.568 bits per heavy atom. The normalized spacial score (nSPS) is 14.6. The molecule has 1 atom stereocenters. The molecule has 44 heavy (non-hydrogen) atoms. The molecule has 1 fully saturated rings. The van der Waals surface area contributed by atoms with E-state index in [1.54, 1.807) is 0 Å². The lowest BCUT2D eigenvalue weighted by molar-refractivity contribution is -0.160. The van der Waals surface area contributed by atoms with Crippen molar-refractivity contribution in [2.45, 2.75) is 187 Å². The maximum atomic E-state index is 12.6. The molecule has 1 saturated heterocycles. The fourth-order valence-corrected chi connectivity index (χ4v) is 5.85. The molecule has 1 heterocycles. The van der Waals surface area contributed by atoms with E-state index in [1.807, 2.05) is 0 Å². The third kappa shape index (κ3) is 26.8. The number of esters is 2. The SMILES string of the molecule is CCCCCCC=CCCCCCCCC(=O)OCC(CN1CCCC1)OC(=O)CCCCCCCC=CCCCCCC. The number of likely N-dealkylation sites (tertiary alicyclic amines) is 1. The molecule has 1 rings (SSSR count). The van der Waals surface area contributed by atoms with Crippen LogP contribution in [0.15, 0.2) is 24.3 Å². The van der Waals surface area contributed by atoms with Gasteiger partial charge in [0.15, 0.2) is 0 Å². The van der Waals surface area contributed by atoms with E-state index in [0.717, 1.165) is 38.8 Å². The molecule has 0 aromatic heterocycles. The lowest BCUT2D eigenvalue weighted by Crippen LogP contribution is -2.37. The van der Waals surface area contributed by atoms with Crippen LogP contribution in [0, 0.1) is 0 Å². The molecular weight excluding hydrogens is 546 g/mol. The van der Waals surface area contributed by atoms with Gasteiger partial charge >= 0.3 is 11.9 Å². The van der Waals surface area contributed by atoms with Gasteiger partial charge in [-0.3, -0.25) is 14.5 Å². The number of ether oxygens (including phenoxy) is 2. The van der Waals surface area contributed by atoms with Crippen LogP contribution >= 0.6 is 0 Å². The first kappa shape index (κ1) is 40.4. The number of allylic oxidation sites excluding steroid dienone is 4. The Morgan fingerprint density at radius 3 is 1.45 bits per heavy atom. The van der Waals surface area contributed by atoms with E-state index in [0.29, 0.717) is 19.4 Å². The van der Waals surface area contributed by atoms with E-state index in [1.165, 1.54) is 128 Å². The van der Waals surface area contributed by atoms with Gasteiger partial charge in [0.1, 0.15) is 12.7 Å². The van der Waals surface area contributed by atoms with Crippen molar-refractivity contribution in [3.8, 4) is 0 Å². The van der Waals surface area contributed by atoms with Crippen LogP contribution in [0.1, 0.15) is 181 Å². The second-order valence-electron chi connectivity index (χ2n) is 13.1. The Hall–Kier alpha value is -1.62. The molecule has 256 valence electrons. The fourth-order valence-electron chi connectivity index (χ4n) is 5.85. The summed E-state index contributed by atoms with van der Waals surface area (Å²) in [6.07, 6.45) is 38.8. The Morgan fingerprint density at radius 2 is 0.977 bits per heavy atom. The molecule has 0 spiro atoms. The Bertz CT molecular complexity index is 713. The highest BCUT2D eigenvalue weighted by atomic mass is 16.6. The van der Waals surface area contributed by atoms with Crippen LogP contribution in [0.25, 0.3) is 0 Å². The number of unbranched alkanes of at least 4 members (excludes halogenated alkanes) is 18. The topological polar surface area (TPSA) is 55.8 Å². The minimum absolute atomic E-state index is 0.150. The highest BCUT2D eigenvalue weighted by molar-refractivity contribution is 5.70. The second-order valence-corrected chi connectivity index (χ2v) is 13.1. The largest absolute Gasteiger partial charge is 0.462 e. The monoisotopic (exact) mass is 618 g/mol. The molecule has 0 N–H and O–H groups in total.